The van der Waals surface area contributed by atoms with Crippen molar-refractivity contribution in [3.05, 3.63) is 84.0 Å². The van der Waals surface area contributed by atoms with Crippen molar-refractivity contribution in [1.82, 2.24) is 0 Å². The molecule has 0 amide bonds. The Labute approximate surface area is 177 Å². The van der Waals surface area contributed by atoms with E-state index in [1.165, 1.54) is 54.4 Å². The van der Waals surface area contributed by atoms with Gasteiger partial charge in [0.05, 0.1) is 13.2 Å². The van der Waals surface area contributed by atoms with Crippen LogP contribution in [0.25, 0.3) is 11.1 Å². The maximum absolute atomic E-state index is 5.63. The zero-order chi connectivity index (χ0) is 20.3. The molecule has 2 aromatic carbocycles. The third-order valence-electron chi connectivity index (χ3n) is 6.11. The number of benzene rings is 2. The van der Waals surface area contributed by atoms with E-state index < -0.39 is 0 Å². The van der Waals surface area contributed by atoms with Crippen LogP contribution in [0.15, 0.2) is 72.8 Å². The van der Waals surface area contributed by atoms with Gasteiger partial charge >= 0.3 is 0 Å². The lowest BCUT2D eigenvalue weighted by Crippen LogP contribution is -2.12. The average Bonchev–Trinajstić information content (AvgIpc) is 2.78. The van der Waals surface area contributed by atoms with Gasteiger partial charge in [0, 0.05) is 0 Å². The van der Waals surface area contributed by atoms with Crippen LogP contribution >= 0.6 is 0 Å². The molecule has 0 aliphatic heterocycles. The molecule has 2 aromatic rings. The van der Waals surface area contributed by atoms with Gasteiger partial charge in [-0.2, -0.15) is 0 Å². The molecular formula is C28H36O. The molecule has 1 heteroatoms. The fourth-order valence-corrected chi connectivity index (χ4v) is 4.27. The molecule has 0 saturated heterocycles. The predicted octanol–water partition coefficient (Wildman–Crippen LogP) is 8.08. The topological polar surface area (TPSA) is 9.23 Å². The van der Waals surface area contributed by atoms with Gasteiger partial charge in [0.1, 0.15) is 0 Å². The van der Waals surface area contributed by atoms with Crippen LogP contribution in [-0.2, 0) is 11.3 Å². The molecule has 0 aromatic heterocycles. The molecule has 1 nitrogen and oxygen atoms in total. The van der Waals surface area contributed by atoms with Gasteiger partial charge in [0.2, 0.25) is 0 Å². The summed E-state index contributed by atoms with van der Waals surface area (Å²) in [4.78, 5) is 0. The van der Waals surface area contributed by atoms with Gasteiger partial charge in [-0.1, -0.05) is 79.8 Å². The number of ether oxygens (including phenoxy) is 1. The minimum Gasteiger partial charge on any atom is -0.373 e. The Morgan fingerprint density at radius 3 is 2.10 bits per heavy atom. The second kappa shape index (κ2) is 11.8. The van der Waals surface area contributed by atoms with E-state index in [-0.39, 0.29) is 0 Å². The van der Waals surface area contributed by atoms with Crippen molar-refractivity contribution >= 4 is 0 Å². The molecule has 1 aliphatic carbocycles. The van der Waals surface area contributed by atoms with E-state index in [0.717, 1.165) is 18.3 Å². The maximum Gasteiger partial charge on any atom is 0.0721 e. The lowest BCUT2D eigenvalue weighted by atomic mass is 9.77. The normalized spacial score (nSPS) is 19.9. The number of hydrogen-bond donors (Lipinski definition) is 0. The van der Waals surface area contributed by atoms with Crippen molar-refractivity contribution in [2.24, 2.45) is 5.92 Å². The molecule has 0 spiro atoms. The summed E-state index contributed by atoms with van der Waals surface area (Å²) in [5.74, 6) is 1.64. The monoisotopic (exact) mass is 388 g/mol. The molecule has 0 radical (unpaired) electrons. The lowest BCUT2D eigenvalue weighted by molar-refractivity contribution is 0.148. The van der Waals surface area contributed by atoms with E-state index in [9.17, 15) is 0 Å². The molecule has 0 heterocycles. The molecule has 154 valence electrons. The van der Waals surface area contributed by atoms with Crippen LogP contribution in [-0.4, -0.2) is 6.61 Å². The summed E-state index contributed by atoms with van der Waals surface area (Å²) in [5.41, 5.74) is 5.32. The Bertz CT molecular complexity index is 759. The van der Waals surface area contributed by atoms with E-state index in [2.05, 4.69) is 67.6 Å². The van der Waals surface area contributed by atoms with Crippen LogP contribution < -0.4 is 0 Å². The largest absolute Gasteiger partial charge is 0.373 e. The minimum atomic E-state index is 0.667. The summed E-state index contributed by atoms with van der Waals surface area (Å²) in [6.07, 6.45) is 16.6. The SMILES string of the molecule is C/C=C/COCc1ccc(-c2ccc([C@H]3CC[C@H](C/C=C/CC)CC3)cc2)cc1. The first-order chi connectivity index (χ1) is 14.3. The molecule has 3 rings (SSSR count). The van der Waals surface area contributed by atoms with E-state index in [0.29, 0.717) is 13.2 Å². The molecule has 0 unspecified atom stereocenters. The van der Waals surface area contributed by atoms with Crippen molar-refractivity contribution in [3.8, 4) is 11.1 Å². The Balaban J connectivity index is 1.52. The zero-order valence-corrected chi connectivity index (χ0v) is 18.1. The third-order valence-corrected chi connectivity index (χ3v) is 6.11. The Hall–Kier alpha value is -2.12. The summed E-state index contributed by atoms with van der Waals surface area (Å²) in [5, 5.41) is 0. The summed E-state index contributed by atoms with van der Waals surface area (Å²) in [6, 6.07) is 18.1. The Morgan fingerprint density at radius 1 is 0.828 bits per heavy atom. The van der Waals surface area contributed by atoms with E-state index >= 15 is 0 Å². The molecule has 0 bridgehead atoms. The van der Waals surface area contributed by atoms with Gasteiger partial charge in [0.15, 0.2) is 0 Å². The first kappa shape index (κ1) is 21.6. The number of rotatable bonds is 9. The van der Waals surface area contributed by atoms with E-state index in [1.807, 2.05) is 19.1 Å². The van der Waals surface area contributed by atoms with Crippen LogP contribution in [0.2, 0.25) is 0 Å². The lowest BCUT2D eigenvalue weighted by Gasteiger charge is -2.28. The molecule has 1 saturated carbocycles. The summed E-state index contributed by atoms with van der Waals surface area (Å²) in [6.45, 7) is 5.57. The maximum atomic E-state index is 5.63. The molecule has 1 fully saturated rings. The molecule has 29 heavy (non-hydrogen) atoms. The molecule has 0 N–H and O–H groups in total. The highest BCUT2D eigenvalue weighted by Crippen LogP contribution is 2.37. The zero-order valence-electron chi connectivity index (χ0n) is 18.1. The second-order valence-corrected chi connectivity index (χ2v) is 8.24. The van der Waals surface area contributed by atoms with Crippen molar-refractivity contribution in [1.29, 1.82) is 0 Å². The van der Waals surface area contributed by atoms with Crippen molar-refractivity contribution < 1.29 is 4.74 Å². The minimum absolute atomic E-state index is 0.667. The third kappa shape index (κ3) is 6.72. The summed E-state index contributed by atoms with van der Waals surface area (Å²) >= 11 is 0. The number of allylic oxidation sites excluding steroid dienone is 3. The van der Waals surface area contributed by atoms with Gasteiger partial charge < -0.3 is 4.74 Å². The second-order valence-electron chi connectivity index (χ2n) is 8.24. The van der Waals surface area contributed by atoms with Crippen molar-refractivity contribution in [2.75, 3.05) is 6.61 Å². The molecule has 1 aliphatic rings. The quantitative estimate of drug-likeness (QED) is 0.311. The Morgan fingerprint density at radius 2 is 1.48 bits per heavy atom. The van der Waals surface area contributed by atoms with Crippen molar-refractivity contribution in [2.45, 2.75) is 64.9 Å². The smallest absolute Gasteiger partial charge is 0.0721 e. The average molecular weight is 389 g/mol. The standard InChI is InChI=1S/C28H36O/c1-3-5-7-8-23-9-13-25(14-10-23)27-17-19-28(20-18-27)26-15-11-24(12-16-26)22-29-21-6-4-2/h4-7,11-12,15-20,23,25H,3,8-10,13-14,21-22H2,1-2H3/b6-4+,7-5+/t23-,25-. The molecular weight excluding hydrogens is 352 g/mol. The van der Waals surface area contributed by atoms with E-state index in [4.69, 9.17) is 4.74 Å². The fraction of sp³-hybridized carbons (Fsp3) is 0.429. The van der Waals surface area contributed by atoms with Crippen LogP contribution in [0.4, 0.5) is 0 Å². The van der Waals surface area contributed by atoms with Gasteiger partial charge in [0.25, 0.3) is 0 Å². The van der Waals surface area contributed by atoms with Gasteiger partial charge in [-0.05, 0) is 79.5 Å². The summed E-state index contributed by atoms with van der Waals surface area (Å²) < 4.78 is 5.63. The first-order valence-electron chi connectivity index (χ1n) is 11.3. The number of hydrogen-bond acceptors (Lipinski definition) is 1. The van der Waals surface area contributed by atoms with Crippen LogP contribution in [0, 0.1) is 5.92 Å². The van der Waals surface area contributed by atoms with Gasteiger partial charge in [-0.3, -0.25) is 0 Å². The first-order valence-corrected chi connectivity index (χ1v) is 11.3. The fourth-order valence-electron chi connectivity index (χ4n) is 4.27. The van der Waals surface area contributed by atoms with Crippen molar-refractivity contribution in [3.63, 3.8) is 0 Å². The Kier molecular flexibility index (Phi) is 8.77. The summed E-state index contributed by atoms with van der Waals surface area (Å²) in [7, 11) is 0. The molecule has 0 atom stereocenters. The highest BCUT2D eigenvalue weighted by Gasteiger charge is 2.21. The van der Waals surface area contributed by atoms with Gasteiger partial charge in [-0.15, -0.1) is 0 Å². The highest BCUT2D eigenvalue weighted by atomic mass is 16.5. The van der Waals surface area contributed by atoms with E-state index in [1.54, 1.807) is 0 Å². The highest BCUT2D eigenvalue weighted by molar-refractivity contribution is 5.64. The van der Waals surface area contributed by atoms with Crippen LogP contribution in [0.3, 0.4) is 0 Å². The van der Waals surface area contributed by atoms with Gasteiger partial charge in [-0.25, -0.2) is 0 Å². The van der Waals surface area contributed by atoms with Crippen LogP contribution in [0.1, 0.15) is 69.4 Å². The van der Waals surface area contributed by atoms with Crippen LogP contribution in [0.5, 0.6) is 0 Å². The predicted molar refractivity (Wildman–Crippen MR) is 125 cm³/mol.